The van der Waals surface area contributed by atoms with Gasteiger partial charge in [-0.2, -0.15) is 0 Å². The van der Waals surface area contributed by atoms with Crippen molar-refractivity contribution in [1.29, 1.82) is 0 Å². The molecule has 0 unspecified atom stereocenters. The minimum atomic E-state index is -0.359. The second-order valence-corrected chi connectivity index (χ2v) is 6.59. The lowest BCUT2D eigenvalue weighted by Crippen LogP contribution is -2.54. The van der Waals surface area contributed by atoms with Gasteiger partial charge in [-0.1, -0.05) is 0 Å². The van der Waals surface area contributed by atoms with Crippen LogP contribution in [0.2, 0.25) is 0 Å². The highest BCUT2D eigenvalue weighted by Gasteiger charge is 2.37. The van der Waals surface area contributed by atoms with E-state index in [4.69, 9.17) is 4.74 Å². The predicted molar refractivity (Wildman–Crippen MR) is 89.0 cm³/mol. The number of hydrogen-bond acceptors (Lipinski definition) is 4. The fourth-order valence-corrected chi connectivity index (χ4v) is 3.50. The van der Waals surface area contributed by atoms with E-state index in [0.717, 1.165) is 37.7 Å². The molecule has 2 saturated heterocycles. The van der Waals surface area contributed by atoms with Gasteiger partial charge < -0.3 is 14.5 Å². The van der Waals surface area contributed by atoms with Gasteiger partial charge in [0.15, 0.2) is 0 Å². The molecule has 24 heavy (non-hydrogen) atoms. The summed E-state index contributed by atoms with van der Waals surface area (Å²) in [6, 6.07) is 3.45. The zero-order chi connectivity index (χ0) is 16.9. The molecule has 0 aromatic carbocycles. The lowest BCUT2D eigenvalue weighted by molar-refractivity contribution is -0.153. The van der Waals surface area contributed by atoms with Gasteiger partial charge in [-0.3, -0.25) is 14.6 Å². The maximum absolute atomic E-state index is 12.9. The highest BCUT2D eigenvalue weighted by Crippen LogP contribution is 2.23. The van der Waals surface area contributed by atoms with Crippen molar-refractivity contribution in [2.45, 2.75) is 50.8 Å². The average molecular weight is 331 g/mol. The molecule has 130 valence electrons. The molecular weight excluding hydrogens is 306 g/mol. The van der Waals surface area contributed by atoms with Crippen molar-refractivity contribution in [1.82, 2.24) is 14.8 Å². The van der Waals surface area contributed by atoms with Gasteiger partial charge in [0.05, 0.1) is 0 Å². The smallest absolute Gasteiger partial charge is 0.252 e. The summed E-state index contributed by atoms with van der Waals surface area (Å²) in [6.07, 6.45) is 7.45. The Morgan fingerprint density at radius 3 is 2.75 bits per heavy atom. The van der Waals surface area contributed by atoms with Gasteiger partial charge in [-0.25, -0.2) is 0 Å². The molecule has 2 aliphatic rings. The molecule has 3 heterocycles. The SMILES string of the molecule is CN(Cc1ccncc1)C(=O)[C@H]1CCCCN1C(=O)[C@@H]1CCCO1. The van der Waals surface area contributed by atoms with Crippen LogP contribution in [0.1, 0.15) is 37.7 Å². The van der Waals surface area contributed by atoms with E-state index in [1.807, 2.05) is 12.1 Å². The number of likely N-dealkylation sites (tertiary alicyclic amines) is 1. The molecule has 0 aliphatic carbocycles. The van der Waals surface area contributed by atoms with Gasteiger partial charge in [0, 0.05) is 39.1 Å². The number of carbonyl (C=O) groups excluding carboxylic acids is 2. The highest BCUT2D eigenvalue weighted by molar-refractivity contribution is 5.89. The van der Waals surface area contributed by atoms with Crippen LogP contribution in [-0.2, 0) is 20.9 Å². The molecule has 2 fully saturated rings. The summed E-state index contributed by atoms with van der Waals surface area (Å²) in [5, 5.41) is 0. The number of hydrogen-bond donors (Lipinski definition) is 0. The average Bonchev–Trinajstić information content (AvgIpc) is 3.16. The molecular formula is C18H25N3O3. The van der Waals surface area contributed by atoms with Crippen molar-refractivity contribution >= 4 is 11.8 Å². The minimum absolute atomic E-state index is 0.0112. The summed E-state index contributed by atoms with van der Waals surface area (Å²) in [6.45, 7) is 1.82. The third-order valence-corrected chi connectivity index (χ3v) is 4.82. The summed E-state index contributed by atoms with van der Waals surface area (Å²) in [5.41, 5.74) is 1.04. The number of aromatic nitrogens is 1. The number of pyridine rings is 1. The van der Waals surface area contributed by atoms with Crippen LogP contribution in [0.5, 0.6) is 0 Å². The molecule has 3 rings (SSSR count). The van der Waals surface area contributed by atoms with E-state index in [1.54, 1.807) is 29.2 Å². The Hall–Kier alpha value is -1.95. The summed E-state index contributed by atoms with van der Waals surface area (Å²) in [4.78, 5) is 33.1. The van der Waals surface area contributed by atoms with Gasteiger partial charge in [0.1, 0.15) is 12.1 Å². The van der Waals surface area contributed by atoms with Crippen molar-refractivity contribution in [3.63, 3.8) is 0 Å². The van der Waals surface area contributed by atoms with Crippen LogP contribution >= 0.6 is 0 Å². The third-order valence-electron chi connectivity index (χ3n) is 4.82. The van der Waals surface area contributed by atoms with Crippen LogP contribution in [0.4, 0.5) is 0 Å². The maximum Gasteiger partial charge on any atom is 0.252 e. The zero-order valence-electron chi connectivity index (χ0n) is 14.2. The first-order chi connectivity index (χ1) is 11.7. The van der Waals surface area contributed by atoms with Crippen LogP contribution in [0, 0.1) is 0 Å². The number of likely N-dealkylation sites (N-methyl/N-ethyl adjacent to an activating group) is 1. The Kier molecular flexibility index (Phi) is 5.45. The van der Waals surface area contributed by atoms with E-state index in [1.165, 1.54) is 0 Å². The number of amides is 2. The molecule has 2 atom stereocenters. The summed E-state index contributed by atoms with van der Waals surface area (Å²) in [7, 11) is 1.80. The minimum Gasteiger partial charge on any atom is -0.368 e. The van der Waals surface area contributed by atoms with Gasteiger partial charge >= 0.3 is 0 Å². The Morgan fingerprint density at radius 2 is 2.04 bits per heavy atom. The normalized spacial score (nSPS) is 24.0. The molecule has 0 saturated carbocycles. The van der Waals surface area contributed by atoms with Crippen LogP contribution in [0.3, 0.4) is 0 Å². The van der Waals surface area contributed by atoms with E-state index in [-0.39, 0.29) is 24.0 Å². The van der Waals surface area contributed by atoms with Crippen molar-refractivity contribution < 1.29 is 14.3 Å². The van der Waals surface area contributed by atoms with Crippen LogP contribution in [-0.4, -0.2) is 58.9 Å². The Labute approximate surface area is 142 Å². The predicted octanol–water partition coefficient (Wildman–Crippen LogP) is 1.60. The fourth-order valence-electron chi connectivity index (χ4n) is 3.50. The van der Waals surface area contributed by atoms with Gasteiger partial charge in [0.25, 0.3) is 5.91 Å². The molecule has 0 spiro atoms. The summed E-state index contributed by atoms with van der Waals surface area (Å²) >= 11 is 0. The molecule has 0 bridgehead atoms. The summed E-state index contributed by atoms with van der Waals surface area (Å²) in [5.74, 6) is 0.000667. The molecule has 6 nitrogen and oxygen atoms in total. The van der Waals surface area contributed by atoms with E-state index in [0.29, 0.717) is 19.7 Å². The second-order valence-electron chi connectivity index (χ2n) is 6.59. The van der Waals surface area contributed by atoms with Gasteiger partial charge in [-0.15, -0.1) is 0 Å². The quantitative estimate of drug-likeness (QED) is 0.841. The van der Waals surface area contributed by atoms with Crippen molar-refractivity contribution in [2.24, 2.45) is 0 Å². The van der Waals surface area contributed by atoms with Crippen LogP contribution in [0.25, 0.3) is 0 Å². The van der Waals surface area contributed by atoms with Gasteiger partial charge in [0.2, 0.25) is 5.91 Å². The van der Waals surface area contributed by atoms with E-state index in [2.05, 4.69) is 4.98 Å². The summed E-state index contributed by atoms with van der Waals surface area (Å²) < 4.78 is 5.53. The maximum atomic E-state index is 12.9. The molecule has 0 N–H and O–H groups in total. The first kappa shape index (κ1) is 16.9. The first-order valence-corrected chi connectivity index (χ1v) is 8.73. The van der Waals surface area contributed by atoms with Crippen LogP contribution < -0.4 is 0 Å². The molecule has 1 aromatic rings. The lowest BCUT2D eigenvalue weighted by Gasteiger charge is -2.37. The zero-order valence-corrected chi connectivity index (χ0v) is 14.2. The molecule has 2 amide bonds. The molecule has 0 radical (unpaired) electrons. The van der Waals surface area contributed by atoms with Gasteiger partial charge in [-0.05, 0) is 49.8 Å². The second kappa shape index (κ2) is 7.75. The Bertz CT molecular complexity index is 572. The van der Waals surface area contributed by atoms with E-state index >= 15 is 0 Å². The number of piperidine rings is 1. The number of ether oxygens (including phenoxy) is 1. The lowest BCUT2D eigenvalue weighted by atomic mass is 9.99. The largest absolute Gasteiger partial charge is 0.368 e. The Balaban J connectivity index is 1.67. The monoisotopic (exact) mass is 331 g/mol. The highest BCUT2D eigenvalue weighted by atomic mass is 16.5. The first-order valence-electron chi connectivity index (χ1n) is 8.73. The molecule has 6 heteroatoms. The van der Waals surface area contributed by atoms with Crippen molar-refractivity contribution in [3.05, 3.63) is 30.1 Å². The fraction of sp³-hybridized carbons (Fsp3) is 0.611. The standard InChI is InChI=1S/C18H25N3O3/c1-20(13-14-7-9-19-10-8-14)17(22)15-5-2-3-11-21(15)18(23)16-6-4-12-24-16/h7-10,15-16H,2-6,11-13H2,1H3/t15-,16+/m1/s1. The third kappa shape index (κ3) is 3.75. The van der Waals surface area contributed by atoms with E-state index in [9.17, 15) is 9.59 Å². The van der Waals surface area contributed by atoms with Crippen LogP contribution in [0.15, 0.2) is 24.5 Å². The van der Waals surface area contributed by atoms with E-state index < -0.39 is 0 Å². The van der Waals surface area contributed by atoms with Crippen molar-refractivity contribution in [2.75, 3.05) is 20.2 Å². The number of carbonyl (C=O) groups is 2. The number of nitrogens with zero attached hydrogens (tertiary/aromatic N) is 3. The Morgan fingerprint density at radius 1 is 1.25 bits per heavy atom. The molecule has 2 aliphatic heterocycles. The number of rotatable bonds is 4. The van der Waals surface area contributed by atoms with Crippen molar-refractivity contribution in [3.8, 4) is 0 Å². The topological polar surface area (TPSA) is 62.7 Å². The molecule has 1 aromatic heterocycles.